The lowest BCUT2D eigenvalue weighted by atomic mass is 10.1. The maximum atomic E-state index is 14.0. The number of hydrogen-bond acceptors (Lipinski definition) is 5. The molecule has 0 saturated heterocycles. The summed E-state index contributed by atoms with van der Waals surface area (Å²) in [6, 6.07) is 6.64. The third-order valence-electron chi connectivity index (χ3n) is 4.43. The van der Waals surface area contributed by atoms with Crippen LogP contribution in [0.5, 0.6) is 0 Å². The second-order valence-corrected chi connectivity index (χ2v) is 8.02. The van der Waals surface area contributed by atoms with E-state index in [0.717, 1.165) is 22.9 Å². The Bertz CT molecular complexity index is 987. The summed E-state index contributed by atoms with van der Waals surface area (Å²) in [5.41, 5.74) is 9.28. The lowest BCUT2D eigenvalue weighted by Gasteiger charge is -2.22. The zero-order chi connectivity index (χ0) is 20.5. The fourth-order valence-corrected chi connectivity index (χ4v) is 3.04. The lowest BCUT2D eigenvalue weighted by molar-refractivity contribution is 0.358. The number of rotatable bonds is 5. The number of aromatic nitrogens is 4. The van der Waals surface area contributed by atoms with Crippen LogP contribution >= 0.6 is 0 Å². The molecule has 0 spiro atoms. The Hall–Kier alpha value is -2.96. The van der Waals surface area contributed by atoms with E-state index in [4.69, 9.17) is 10.8 Å². The fraction of sp³-hybridized carbons (Fsp3) is 0.381. The average Bonchev–Trinajstić information content (AvgIpc) is 3.01. The molecule has 0 bridgehead atoms. The molecule has 0 saturated carbocycles. The second-order valence-electron chi connectivity index (χ2n) is 8.02. The van der Waals surface area contributed by atoms with Crippen LogP contribution < -0.4 is 11.1 Å². The van der Waals surface area contributed by atoms with E-state index in [1.165, 1.54) is 6.07 Å². The molecule has 6 nitrogen and oxygen atoms in total. The second kappa shape index (κ2) is 7.58. The molecule has 7 heteroatoms. The molecule has 2 heterocycles. The van der Waals surface area contributed by atoms with Crippen molar-refractivity contribution in [3.63, 3.8) is 0 Å². The fourth-order valence-electron chi connectivity index (χ4n) is 3.04. The molecular formula is C21H27FN6. The molecule has 0 aliphatic rings. The van der Waals surface area contributed by atoms with Crippen molar-refractivity contribution in [2.45, 2.75) is 53.0 Å². The first-order chi connectivity index (χ1) is 13.1. The molecule has 148 valence electrons. The zero-order valence-electron chi connectivity index (χ0n) is 17.0. The Morgan fingerprint density at radius 3 is 2.57 bits per heavy atom. The number of nitrogens with one attached hydrogen (secondary N) is 1. The van der Waals surface area contributed by atoms with Crippen LogP contribution in [0.4, 0.5) is 21.7 Å². The maximum absolute atomic E-state index is 14.0. The number of nitrogens with zero attached hydrogens (tertiary/aromatic N) is 4. The van der Waals surface area contributed by atoms with E-state index in [0.29, 0.717) is 29.9 Å². The maximum Gasteiger partial charge on any atom is 0.152 e. The van der Waals surface area contributed by atoms with Gasteiger partial charge in [-0.2, -0.15) is 5.10 Å². The Labute approximate surface area is 165 Å². The minimum Gasteiger partial charge on any atom is -0.399 e. The molecule has 2 aromatic heterocycles. The molecule has 0 amide bonds. The van der Waals surface area contributed by atoms with Crippen molar-refractivity contribution in [1.29, 1.82) is 0 Å². The van der Waals surface area contributed by atoms with Crippen LogP contribution in [0.25, 0.3) is 0 Å². The monoisotopic (exact) mass is 382 g/mol. The van der Waals surface area contributed by atoms with Gasteiger partial charge in [0.15, 0.2) is 5.82 Å². The number of benzene rings is 1. The number of nitrogens with two attached hydrogens (primary N) is 1. The first-order valence-corrected chi connectivity index (χ1v) is 9.34. The van der Waals surface area contributed by atoms with Crippen LogP contribution in [0.1, 0.15) is 43.4 Å². The number of nitrogen functional groups attached to an aromatic ring is 1. The summed E-state index contributed by atoms with van der Waals surface area (Å²) in [5, 5.41) is 8.09. The van der Waals surface area contributed by atoms with Crippen molar-refractivity contribution in [3.8, 4) is 0 Å². The highest BCUT2D eigenvalue weighted by Crippen LogP contribution is 2.26. The summed E-state index contributed by atoms with van der Waals surface area (Å²) in [5.74, 6) is 1.29. The predicted molar refractivity (Wildman–Crippen MR) is 110 cm³/mol. The van der Waals surface area contributed by atoms with Gasteiger partial charge < -0.3 is 11.1 Å². The van der Waals surface area contributed by atoms with E-state index in [9.17, 15) is 4.39 Å². The van der Waals surface area contributed by atoms with Gasteiger partial charge in [0.2, 0.25) is 0 Å². The van der Waals surface area contributed by atoms with Crippen molar-refractivity contribution in [2.24, 2.45) is 0 Å². The lowest BCUT2D eigenvalue weighted by Crippen LogP contribution is -2.25. The Kier molecular flexibility index (Phi) is 5.36. The summed E-state index contributed by atoms with van der Waals surface area (Å²) in [7, 11) is 0. The van der Waals surface area contributed by atoms with Crippen molar-refractivity contribution in [2.75, 3.05) is 11.1 Å². The van der Waals surface area contributed by atoms with Crippen LogP contribution in [-0.2, 0) is 18.4 Å². The number of halogens is 1. The van der Waals surface area contributed by atoms with Crippen LogP contribution in [0.2, 0.25) is 0 Å². The normalized spacial score (nSPS) is 11.6. The molecule has 0 aliphatic heterocycles. The molecule has 1 aromatic carbocycles. The molecule has 0 fully saturated rings. The molecule has 3 aromatic rings. The molecular weight excluding hydrogens is 355 g/mol. The first kappa shape index (κ1) is 19.8. The van der Waals surface area contributed by atoms with E-state index < -0.39 is 0 Å². The SMILES string of the molecule is Cc1cnc(Nc2cc(CCc3cc(N)ccc3F)nn2C(C)(C)C)c(C)n1. The smallest absolute Gasteiger partial charge is 0.152 e. The number of aryl methyl sites for hydroxylation is 4. The van der Waals surface area contributed by atoms with Crippen molar-refractivity contribution in [3.05, 3.63) is 58.9 Å². The van der Waals surface area contributed by atoms with Gasteiger partial charge in [0.05, 0.1) is 28.8 Å². The molecule has 0 aliphatic carbocycles. The summed E-state index contributed by atoms with van der Waals surface area (Å²) >= 11 is 0. The molecule has 0 unspecified atom stereocenters. The minimum absolute atomic E-state index is 0.227. The Balaban J connectivity index is 1.86. The molecule has 28 heavy (non-hydrogen) atoms. The van der Waals surface area contributed by atoms with Gasteiger partial charge in [-0.25, -0.2) is 14.1 Å². The van der Waals surface area contributed by atoms with Gasteiger partial charge in [-0.15, -0.1) is 0 Å². The summed E-state index contributed by atoms with van der Waals surface area (Å²) in [6.07, 6.45) is 2.87. The van der Waals surface area contributed by atoms with Gasteiger partial charge in [0.1, 0.15) is 11.6 Å². The molecule has 3 N–H and O–H groups in total. The van der Waals surface area contributed by atoms with Crippen molar-refractivity contribution in [1.82, 2.24) is 19.7 Å². The number of anilines is 3. The van der Waals surface area contributed by atoms with Crippen LogP contribution in [0.15, 0.2) is 30.5 Å². The molecule has 0 atom stereocenters. The van der Waals surface area contributed by atoms with Crippen molar-refractivity contribution < 1.29 is 4.39 Å². The van der Waals surface area contributed by atoms with Gasteiger partial charge in [0, 0.05) is 11.8 Å². The summed E-state index contributed by atoms with van der Waals surface area (Å²) in [4.78, 5) is 8.90. The Morgan fingerprint density at radius 2 is 1.89 bits per heavy atom. The van der Waals surface area contributed by atoms with E-state index in [-0.39, 0.29) is 11.4 Å². The van der Waals surface area contributed by atoms with E-state index >= 15 is 0 Å². The van der Waals surface area contributed by atoms with E-state index in [2.05, 4.69) is 36.1 Å². The minimum atomic E-state index is -0.242. The van der Waals surface area contributed by atoms with Crippen LogP contribution in [-0.4, -0.2) is 19.7 Å². The van der Waals surface area contributed by atoms with Crippen LogP contribution in [0.3, 0.4) is 0 Å². The third-order valence-corrected chi connectivity index (χ3v) is 4.43. The highest BCUT2D eigenvalue weighted by Gasteiger charge is 2.21. The molecule has 0 radical (unpaired) electrons. The summed E-state index contributed by atoms with van der Waals surface area (Å²) in [6.45, 7) is 10.1. The van der Waals surface area contributed by atoms with Crippen LogP contribution in [0, 0.1) is 19.7 Å². The molecule has 3 rings (SSSR count). The third kappa shape index (κ3) is 4.47. The van der Waals surface area contributed by atoms with Gasteiger partial charge >= 0.3 is 0 Å². The standard InChI is InChI=1S/C21H27FN6/c1-13-12-24-20(14(2)25-13)26-19-11-17(27-28(19)21(3,4)5)8-6-15-10-16(23)7-9-18(15)22/h7,9-12H,6,8,23H2,1-5H3,(H,24,26). The highest BCUT2D eigenvalue weighted by atomic mass is 19.1. The average molecular weight is 382 g/mol. The van der Waals surface area contributed by atoms with E-state index in [1.807, 2.05) is 24.6 Å². The van der Waals surface area contributed by atoms with Gasteiger partial charge in [0.25, 0.3) is 0 Å². The predicted octanol–water partition coefficient (Wildman–Crippen LogP) is 4.30. The highest BCUT2D eigenvalue weighted by molar-refractivity contribution is 5.55. The van der Waals surface area contributed by atoms with Gasteiger partial charge in [-0.05, 0) is 71.2 Å². The number of hydrogen-bond donors (Lipinski definition) is 2. The zero-order valence-corrected chi connectivity index (χ0v) is 17.0. The first-order valence-electron chi connectivity index (χ1n) is 9.34. The summed E-state index contributed by atoms with van der Waals surface area (Å²) < 4.78 is 15.9. The largest absolute Gasteiger partial charge is 0.399 e. The van der Waals surface area contributed by atoms with Gasteiger partial charge in [-0.3, -0.25) is 4.98 Å². The Morgan fingerprint density at radius 1 is 1.14 bits per heavy atom. The quantitative estimate of drug-likeness (QED) is 0.643. The van der Waals surface area contributed by atoms with E-state index in [1.54, 1.807) is 18.3 Å². The van der Waals surface area contributed by atoms with Gasteiger partial charge in [-0.1, -0.05) is 0 Å². The topological polar surface area (TPSA) is 81.6 Å². The van der Waals surface area contributed by atoms with Crippen molar-refractivity contribution >= 4 is 17.3 Å².